The third-order valence-electron chi connectivity index (χ3n) is 3.58. The second-order valence-corrected chi connectivity index (χ2v) is 5.66. The molecule has 6 heteroatoms. The zero-order chi connectivity index (χ0) is 18.1. The molecule has 0 aliphatic heterocycles. The zero-order valence-corrected chi connectivity index (χ0v) is 15.6. The van der Waals surface area contributed by atoms with Crippen molar-refractivity contribution in [2.24, 2.45) is 0 Å². The Kier molecular flexibility index (Phi) is 7.35. The maximum Gasteiger partial charge on any atom is 0.170 e. The SMILES string of the molecule is CCOc1ccccc1NC(=S)NCCc1ccc(OC)c(OC)c1. The first kappa shape index (κ1) is 18.9. The molecular weight excluding hydrogens is 336 g/mol. The first-order chi connectivity index (χ1) is 12.2. The second-order valence-electron chi connectivity index (χ2n) is 5.25. The summed E-state index contributed by atoms with van der Waals surface area (Å²) in [5, 5.41) is 6.94. The van der Waals surface area contributed by atoms with Crippen molar-refractivity contribution in [2.45, 2.75) is 13.3 Å². The number of anilines is 1. The van der Waals surface area contributed by atoms with Crippen LogP contribution < -0.4 is 24.8 Å². The molecule has 0 amide bonds. The predicted octanol–water partition coefficient (Wildman–Crippen LogP) is 3.63. The Morgan fingerprint density at radius 2 is 1.76 bits per heavy atom. The number of ether oxygens (including phenoxy) is 3. The van der Waals surface area contributed by atoms with Crippen LogP contribution in [0.3, 0.4) is 0 Å². The van der Waals surface area contributed by atoms with Crippen LogP contribution in [0.25, 0.3) is 0 Å². The molecule has 2 N–H and O–H groups in total. The van der Waals surface area contributed by atoms with Crippen molar-refractivity contribution in [2.75, 3.05) is 32.7 Å². The molecule has 0 atom stereocenters. The number of hydrogen-bond acceptors (Lipinski definition) is 4. The van der Waals surface area contributed by atoms with Crippen LogP contribution in [0, 0.1) is 0 Å². The summed E-state index contributed by atoms with van der Waals surface area (Å²) >= 11 is 5.36. The topological polar surface area (TPSA) is 51.8 Å². The van der Waals surface area contributed by atoms with E-state index in [2.05, 4.69) is 10.6 Å². The Bertz CT molecular complexity index is 707. The smallest absolute Gasteiger partial charge is 0.170 e. The minimum Gasteiger partial charge on any atom is -0.493 e. The molecule has 0 bridgehead atoms. The van der Waals surface area contributed by atoms with Gasteiger partial charge in [-0.3, -0.25) is 0 Å². The predicted molar refractivity (Wildman–Crippen MR) is 105 cm³/mol. The Hall–Kier alpha value is -2.47. The van der Waals surface area contributed by atoms with E-state index in [0.29, 0.717) is 18.3 Å². The maximum absolute atomic E-state index is 5.58. The van der Waals surface area contributed by atoms with Crippen molar-refractivity contribution in [3.63, 3.8) is 0 Å². The lowest BCUT2D eigenvalue weighted by Crippen LogP contribution is -2.30. The highest BCUT2D eigenvalue weighted by Crippen LogP contribution is 2.27. The molecule has 0 radical (unpaired) electrons. The number of thiocarbonyl (C=S) groups is 1. The van der Waals surface area contributed by atoms with Gasteiger partial charge < -0.3 is 24.8 Å². The normalized spacial score (nSPS) is 10.0. The minimum absolute atomic E-state index is 0.563. The van der Waals surface area contributed by atoms with Gasteiger partial charge in [-0.2, -0.15) is 0 Å². The summed E-state index contributed by atoms with van der Waals surface area (Å²) in [6.07, 6.45) is 0.815. The van der Waals surface area contributed by atoms with E-state index in [1.807, 2.05) is 49.4 Å². The summed E-state index contributed by atoms with van der Waals surface area (Å²) in [4.78, 5) is 0. The van der Waals surface area contributed by atoms with Crippen molar-refractivity contribution < 1.29 is 14.2 Å². The second kappa shape index (κ2) is 9.74. The fraction of sp³-hybridized carbons (Fsp3) is 0.316. The van der Waals surface area contributed by atoms with Crippen LogP contribution in [0.2, 0.25) is 0 Å². The van der Waals surface area contributed by atoms with Crippen LogP contribution in [-0.2, 0) is 6.42 Å². The van der Waals surface area contributed by atoms with Gasteiger partial charge in [0.2, 0.25) is 0 Å². The minimum atomic E-state index is 0.563. The fourth-order valence-corrected chi connectivity index (χ4v) is 2.59. The molecule has 0 fully saturated rings. The highest BCUT2D eigenvalue weighted by molar-refractivity contribution is 7.80. The van der Waals surface area contributed by atoms with Gasteiger partial charge in [0.15, 0.2) is 16.6 Å². The molecule has 2 aromatic rings. The molecule has 0 saturated carbocycles. The van der Waals surface area contributed by atoms with Crippen molar-refractivity contribution >= 4 is 23.0 Å². The molecule has 25 heavy (non-hydrogen) atoms. The number of nitrogens with one attached hydrogen (secondary N) is 2. The Morgan fingerprint density at radius 1 is 1.00 bits per heavy atom. The number of hydrogen-bond donors (Lipinski definition) is 2. The summed E-state index contributed by atoms with van der Waals surface area (Å²) in [7, 11) is 3.26. The third kappa shape index (κ3) is 5.53. The first-order valence-electron chi connectivity index (χ1n) is 8.15. The van der Waals surface area contributed by atoms with Gasteiger partial charge in [-0.05, 0) is 55.4 Å². The van der Waals surface area contributed by atoms with E-state index in [1.165, 1.54) is 0 Å². The van der Waals surface area contributed by atoms with Gasteiger partial charge in [-0.1, -0.05) is 18.2 Å². The molecular formula is C19H24N2O3S. The van der Waals surface area contributed by atoms with Gasteiger partial charge in [0.05, 0.1) is 26.5 Å². The fourth-order valence-electron chi connectivity index (χ4n) is 2.37. The molecule has 0 unspecified atom stereocenters. The van der Waals surface area contributed by atoms with E-state index >= 15 is 0 Å². The Labute approximate surface area is 154 Å². The van der Waals surface area contributed by atoms with Crippen LogP contribution in [0.15, 0.2) is 42.5 Å². The molecule has 0 aliphatic rings. The molecule has 0 aromatic heterocycles. The molecule has 2 aromatic carbocycles. The maximum atomic E-state index is 5.58. The lowest BCUT2D eigenvalue weighted by atomic mass is 10.1. The largest absolute Gasteiger partial charge is 0.493 e. The van der Waals surface area contributed by atoms with Crippen LogP contribution in [0.5, 0.6) is 17.2 Å². The van der Waals surface area contributed by atoms with Gasteiger partial charge in [0.1, 0.15) is 5.75 Å². The van der Waals surface area contributed by atoms with Gasteiger partial charge >= 0.3 is 0 Å². The van der Waals surface area contributed by atoms with E-state index in [4.69, 9.17) is 26.4 Å². The summed E-state index contributed by atoms with van der Waals surface area (Å²) in [5.41, 5.74) is 2.00. The van der Waals surface area contributed by atoms with E-state index in [1.54, 1.807) is 14.2 Å². The molecule has 134 valence electrons. The molecule has 0 heterocycles. The van der Waals surface area contributed by atoms with Gasteiger partial charge in [-0.25, -0.2) is 0 Å². The van der Waals surface area contributed by atoms with E-state index in [0.717, 1.165) is 34.9 Å². The van der Waals surface area contributed by atoms with Crippen molar-refractivity contribution in [3.05, 3.63) is 48.0 Å². The molecule has 5 nitrogen and oxygen atoms in total. The molecule has 2 rings (SSSR count). The average Bonchev–Trinajstić information content (AvgIpc) is 2.63. The summed E-state index contributed by atoms with van der Waals surface area (Å²) in [5.74, 6) is 2.24. The highest BCUT2D eigenvalue weighted by atomic mass is 32.1. The van der Waals surface area contributed by atoms with Crippen molar-refractivity contribution in [3.8, 4) is 17.2 Å². The van der Waals surface area contributed by atoms with Crippen LogP contribution in [0.1, 0.15) is 12.5 Å². The number of benzene rings is 2. The quantitative estimate of drug-likeness (QED) is 0.701. The lowest BCUT2D eigenvalue weighted by Gasteiger charge is -2.14. The van der Waals surface area contributed by atoms with Crippen molar-refractivity contribution in [1.82, 2.24) is 5.32 Å². The van der Waals surface area contributed by atoms with Crippen LogP contribution in [0.4, 0.5) is 5.69 Å². The summed E-state index contributed by atoms with van der Waals surface area (Å²) in [6, 6.07) is 13.6. The lowest BCUT2D eigenvalue weighted by molar-refractivity contribution is 0.342. The van der Waals surface area contributed by atoms with Crippen LogP contribution >= 0.6 is 12.2 Å². The van der Waals surface area contributed by atoms with Gasteiger partial charge in [0.25, 0.3) is 0 Å². The molecule has 0 saturated heterocycles. The average molecular weight is 360 g/mol. The summed E-state index contributed by atoms with van der Waals surface area (Å²) < 4.78 is 16.2. The van der Waals surface area contributed by atoms with Crippen molar-refractivity contribution in [1.29, 1.82) is 0 Å². The number of rotatable bonds is 8. The van der Waals surface area contributed by atoms with Crippen LogP contribution in [-0.4, -0.2) is 32.5 Å². The van der Waals surface area contributed by atoms with E-state index in [-0.39, 0.29) is 0 Å². The van der Waals surface area contributed by atoms with Gasteiger partial charge in [-0.15, -0.1) is 0 Å². The van der Waals surface area contributed by atoms with E-state index in [9.17, 15) is 0 Å². The first-order valence-corrected chi connectivity index (χ1v) is 8.56. The Morgan fingerprint density at radius 3 is 2.48 bits per heavy atom. The zero-order valence-electron chi connectivity index (χ0n) is 14.8. The van der Waals surface area contributed by atoms with E-state index < -0.39 is 0 Å². The number of methoxy groups -OCH3 is 2. The summed E-state index contributed by atoms with van der Waals surface area (Å²) in [6.45, 7) is 3.27. The monoisotopic (exact) mass is 360 g/mol. The number of para-hydroxylation sites is 2. The standard InChI is InChI=1S/C19H24N2O3S/c1-4-24-16-8-6-5-7-15(16)21-19(25)20-12-11-14-9-10-17(22-2)18(13-14)23-3/h5-10,13H,4,11-12H2,1-3H3,(H2,20,21,25). The van der Waals surface area contributed by atoms with Gasteiger partial charge in [0, 0.05) is 6.54 Å². The Balaban J connectivity index is 1.87. The molecule has 0 aliphatic carbocycles. The highest BCUT2D eigenvalue weighted by Gasteiger charge is 2.06. The third-order valence-corrected chi connectivity index (χ3v) is 3.83. The molecule has 0 spiro atoms.